The molecule has 0 aliphatic rings. The van der Waals surface area contributed by atoms with E-state index in [1.807, 2.05) is 0 Å². The molecule has 56 valence electrons. The molecule has 0 aromatic heterocycles. The van der Waals surface area contributed by atoms with Crippen LogP contribution in [-0.4, -0.2) is 29.8 Å². The molecule has 0 rings (SSSR count). The Morgan fingerprint density at radius 1 is 1.90 bits per heavy atom. The molecule has 2 unspecified atom stereocenters. The van der Waals surface area contributed by atoms with E-state index in [0.29, 0.717) is 0 Å². The van der Waals surface area contributed by atoms with Crippen molar-refractivity contribution >= 4 is 13.6 Å². The first-order valence-electron chi connectivity index (χ1n) is 2.80. The van der Waals surface area contributed by atoms with Crippen molar-refractivity contribution in [1.82, 2.24) is 0 Å². The lowest BCUT2D eigenvalue weighted by Gasteiger charge is -1.95. The summed E-state index contributed by atoms with van der Waals surface area (Å²) in [5.74, 6) is -0.467. The summed E-state index contributed by atoms with van der Waals surface area (Å²) in [4.78, 5) is 10.6. The predicted molar refractivity (Wildman–Crippen MR) is 39.6 cm³/mol. The van der Waals surface area contributed by atoms with Gasteiger partial charge in [0.05, 0.1) is 0 Å². The second kappa shape index (κ2) is 4.31. The van der Waals surface area contributed by atoms with E-state index in [4.69, 9.17) is 5.11 Å². The molecule has 3 nitrogen and oxygen atoms in total. The fourth-order valence-electron chi connectivity index (χ4n) is 0.470. The number of rotatable bonds is 4. The van der Waals surface area contributed by atoms with Crippen molar-refractivity contribution in [3.05, 3.63) is 12.7 Å². The number of aliphatic hydroxyl groups is 1. The highest BCUT2D eigenvalue weighted by Gasteiger charge is 2.20. The summed E-state index contributed by atoms with van der Waals surface area (Å²) < 4.78 is 10.5. The molecule has 0 amide bonds. The van der Waals surface area contributed by atoms with E-state index in [-0.39, 0.29) is 6.16 Å². The molecule has 0 saturated carbocycles. The lowest BCUT2D eigenvalue weighted by molar-refractivity contribution is -0.121. The number of ketones is 1. The first-order chi connectivity index (χ1) is 4.57. The molecule has 1 N–H and O–H groups in total. The van der Waals surface area contributed by atoms with Crippen LogP contribution in [0.5, 0.6) is 0 Å². The van der Waals surface area contributed by atoms with Crippen LogP contribution in [0.25, 0.3) is 0 Å². The van der Waals surface area contributed by atoms with Gasteiger partial charge in [-0.15, -0.1) is 0 Å². The van der Waals surface area contributed by atoms with Crippen LogP contribution in [0.15, 0.2) is 12.7 Å². The molecule has 0 radical (unpaired) electrons. The second-order valence-electron chi connectivity index (χ2n) is 1.93. The zero-order valence-electron chi connectivity index (χ0n) is 5.78. The summed E-state index contributed by atoms with van der Waals surface area (Å²) in [7, 11) is -1.45. The highest BCUT2D eigenvalue weighted by molar-refractivity contribution is 7.43. The zero-order valence-corrected chi connectivity index (χ0v) is 6.67. The van der Waals surface area contributed by atoms with Crippen molar-refractivity contribution in [2.75, 3.05) is 12.8 Å². The molecule has 0 saturated heterocycles. The lowest BCUT2D eigenvalue weighted by atomic mass is 10.3. The molecule has 0 spiro atoms. The Morgan fingerprint density at radius 2 is 2.40 bits per heavy atom. The van der Waals surface area contributed by atoms with Gasteiger partial charge < -0.3 is 5.11 Å². The molecule has 10 heavy (non-hydrogen) atoms. The van der Waals surface area contributed by atoms with E-state index in [1.165, 1.54) is 6.66 Å². The van der Waals surface area contributed by atoms with Crippen LogP contribution in [0.4, 0.5) is 0 Å². The van der Waals surface area contributed by atoms with Gasteiger partial charge in [0.1, 0.15) is 6.66 Å². The summed E-state index contributed by atoms with van der Waals surface area (Å²) in [5, 5.41) is 8.88. The average molecular weight is 161 g/mol. The molecule has 2 atom stereocenters. The first-order valence-corrected chi connectivity index (χ1v) is 4.69. The van der Waals surface area contributed by atoms with Crippen LogP contribution >= 0.6 is 7.80 Å². The minimum Gasteiger partial charge on any atom is -0.380 e. The van der Waals surface area contributed by atoms with Crippen molar-refractivity contribution < 1.29 is 14.5 Å². The van der Waals surface area contributed by atoms with Crippen molar-refractivity contribution in [2.24, 2.45) is 0 Å². The normalized spacial score (nSPS) is 14.0. The summed E-state index contributed by atoms with van der Waals surface area (Å²) in [6.45, 7) is 4.65. The first kappa shape index (κ1) is 9.47. The third kappa shape index (κ3) is 3.49. The maximum Gasteiger partial charge on any atom is 0.338 e. The quantitative estimate of drug-likeness (QED) is 0.484. The molecule has 0 aromatic carbocycles. The zero-order chi connectivity index (χ0) is 8.15. The molecule has 0 aliphatic heterocycles. The van der Waals surface area contributed by atoms with Crippen LogP contribution in [0.2, 0.25) is 0 Å². The monoisotopic (exact) mass is 161 g/mol. The predicted octanol–water partition coefficient (Wildman–Crippen LogP) is 0.560. The largest absolute Gasteiger partial charge is 0.380 e. The van der Waals surface area contributed by atoms with E-state index in [2.05, 4.69) is 6.58 Å². The van der Waals surface area contributed by atoms with E-state index in [9.17, 15) is 9.36 Å². The van der Waals surface area contributed by atoms with E-state index in [0.717, 1.165) is 6.08 Å². The van der Waals surface area contributed by atoms with Gasteiger partial charge in [-0.05, 0) is 6.08 Å². The maximum atomic E-state index is 10.6. The van der Waals surface area contributed by atoms with Gasteiger partial charge in [-0.3, -0.25) is 4.79 Å². The second-order valence-corrected chi connectivity index (χ2v) is 3.55. The smallest absolute Gasteiger partial charge is 0.338 e. The Kier molecular flexibility index (Phi) is 4.08. The summed E-state index contributed by atoms with van der Waals surface area (Å²) >= 11 is 0. The van der Waals surface area contributed by atoms with Gasteiger partial charge in [0.25, 0.3) is 0 Å². The minimum absolute atomic E-state index is 0.0280. The van der Waals surface area contributed by atoms with Gasteiger partial charge >= 0.3 is 7.80 Å². The number of carbonyl (C=O) groups is 1. The van der Waals surface area contributed by atoms with Crippen LogP contribution in [0, 0.1) is 0 Å². The molecular formula is C6H10O3P+. The number of hydrogen-bond acceptors (Lipinski definition) is 3. The Bertz CT molecular complexity index is 164. The van der Waals surface area contributed by atoms with Gasteiger partial charge in [0, 0.05) is 0 Å². The maximum absolute atomic E-state index is 10.6. The molecule has 0 fully saturated rings. The van der Waals surface area contributed by atoms with Gasteiger partial charge in [-0.1, -0.05) is 11.1 Å². The summed E-state index contributed by atoms with van der Waals surface area (Å²) in [5.41, 5.74) is 0. The minimum atomic E-state index is -1.45. The van der Waals surface area contributed by atoms with E-state index in [1.54, 1.807) is 0 Å². The Labute approximate surface area is 60.5 Å². The van der Waals surface area contributed by atoms with Crippen LogP contribution in [0.1, 0.15) is 0 Å². The molecular weight excluding hydrogens is 151 g/mol. The fraction of sp³-hybridized carbons (Fsp3) is 0.500. The lowest BCUT2D eigenvalue weighted by Crippen LogP contribution is -2.20. The standard InChI is InChI=1S/C6H10O3P/c1-3-5(7)6(8)4-10(2)9/h3,6,8H,1,4H2,2H3/q+1. The topological polar surface area (TPSA) is 54.4 Å². The Morgan fingerprint density at radius 3 is 2.70 bits per heavy atom. The van der Waals surface area contributed by atoms with Crippen molar-refractivity contribution in [3.8, 4) is 0 Å². The highest BCUT2D eigenvalue weighted by atomic mass is 31.1. The average Bonchev–Trinajstić information content (AvgIpc) is 1.85. The molecule has 0 aromatic rings. The van der Waals surface area contributed by atoms with E-state index >= 15 is 0 Å². The van der Waals surface area contributed by atoms with Crippen molar-refractivity contribution in [1.29, 1.82) is 0 Å². The van der Waals surface area contributed by atoms with Crippen molar-refractivity contribution in [3.63, 3.8) is 0 Å². The number of hydrogen-bond donors (Lipinski definition) is 1. The van der Waals surface area contributed by atoms with Crippen LogP contribution in [-0.2, 0) is 9.36 Å². The third-order valence-corrected chi connectivity index (χ3v) is 1.82. The Balaban J connectivity index is 3.84. The van der Waals surface area contributed by atoms with Gasteiger partial charge in [0.2, 0.25) is 0 Å². The molecule has 0 bridgehead atoms. The molecule has 0 aliphatic carbocycles. The van der Waals surface area contributed by atoms with Crippen molar-refractivity contribution in [2.45, 2.75) is 6.10 Å². The van der Waals surface area contributed by atoms with Gasteiger partial charge in [0.15, 0.2) is 18.0 Å². The Hall–Kier alpha value is -0.530. The summed E-state index contributed by atoms with van der Waals surface area (Å²) in [6.07, 6.45) is -0.0740. The highest BCUT2D eigenvalue weighted by Crippen LogP contribution is 2.14. The number of carbonyl (C=O) groups excluding carboxylic acids is 1. The summed E-state index contributed by atoms with van der Waals surface area (Å²) in [6, 6.07) is 0. The van der Waals surface area contributed by atoms with E-state index < -0.39 is 19.7 Å². The fourth-order valence-corrected chi connectivity index (χ4v) is 1.14. The van der Waals surface area contributed by atoms with Gasteiger partial charge in [-0.25, -0.2) is 0 Å². The number of aliphatic hydroxyl groups excluding tert-OH is 1. The molecule has 0 heterocycles. The molecule has 4 heteroatoms. The SMILES string of the molecule is C=CC(=O)C(O)C[P+](C)=O. The van der Waals surface area contributed by atoms with Crippen LogP contribution < -0.4 is 0 Å². The third-order valence-electron chi connectivity index (χ3n) is 0.960. The van der Waals surface area contributed by atoms with Gasteiger partial charge in [-0.2, -0.15) is 0 Å². The van der Waals surface area contributed by atoms with Crippen LogP contribution in [0.3, 0.4) is 0 Å².